The van der Waals surface area contributed by atoms with Crippen molar-refractivity contribution in [3.63, 3.8) is 0 Å². The van der Waals surface area contributed by atoms with Crippen LogP contribution in [0.25, 0.3) is 0 Å². The van der Waals surface area contributed by atoms with Gasteiger partial charge in [0, 0.05) is 12.2 Å². The average Bonchev–Trinajstić information content (AvgIpc) is 2.28. The zero-order valence-electron chi connectivity index (χ0n) is 12.5. The minimum Gasteiger partial charge on any atom is -0.325 e. The molecule has 4 heteroatoms. The second-order valence-electron chi connectivity index (χ2n) is 6.27. The van der Waals surface area contributed by atoms with Crippen LogP contribution in [0.1, 0.15) is 26.3 Å². The summed E-state index contributed by atoms with van der Waals surface area (Å²) in [5.41, 5.74) is 7.67. The van der Waals surface area contributed by atoms with Crippen molar-refractivity contribution < 1.29 is 4.79 Å². The van der Waals surface area contributed by atoms with Crippen molar-refractivity contribution in [1.29, 1.82) is 0 Å². The van der Waals surface area contributed by atoms with Gasteiger partial charge in [-0.15, -0.1) is 0 Å². The largest absolute Gasteiger partial charge is 0.325 e. The number of rotatable bonds is 4. The summed E-state index contributed by atoms with van der Waals surface area (Å²) in [6.07, 6.45) is 0. The van der Waals surface area contributed by atoms with Crippen LogP contribution in [-0.4, -0.2) is 30.9 Å². The summed E-state index contributed by atoms with van der Waals surface area (Å²) in [4.78, 5) is 14.1. The maximum atomic E-state index is 12.0. The highest BCUT2D eigenvalue weighted by Gasteiger charge is 2.27. The molecule has 0 fully saturated rings. The molecule has 4 nitrogen and oxygen atoms in total. The lowest BCUT2D eigenvalue weighted by molar-refractivity contribution is -0.119. The Morgan fingerprint density at radius 3 is 2.21 bits per heavy atom. The first-order chi connectivity index (χ1) is 8.70. The van der Waals surface area contributed by atoms with Crippen molar-refractivity contribution in [2.45, 2.75) is 33.4 Å². The molecule has 0 aliphatic heterocycles. The zero-order chi connectivity index (χ0) is 14.6. The molecule has 1 atom stereocenters. The number of nitrogens with one attached hydrogen (secondary N) is 1. The van der Waals surface area contributed by atoms with E-state index < -0.39 is 6.04 Å². The van der Waals surface area contributed by atoms with E-state index in [1.807, 2.05) is 59.1 Å². The van der Waals surface area contributed by atoms with Crippen LogP contribution in [0.3, 0.4) is 0 Å². The number of amides is 1. The Kier molecular flexibility index (Phi) is 5.09. The summed E-state index contributed by atoms with van der Waals surface area (Å²) >= 11 is 0. The topological polar surface area (TPSA) is 58.4 Å². The summed E-state index contributed by atoms with van der Waals surface area (Å²) in [7, 11) is 4.05. The molecule has 1 aromatic rings. The summed E-state index contributed by atoms with van der Waals surface area (Å²) < 4.78 is 0. The summed E-state index contributed by atoms with van der Waals surface area (Å²) in [6, 6.07) is 7.32. The molecule has 0 aliphatic carbocycles. The van der Waals surface area contributed by atoms with Gasteiger partial charge in [-0.3, -0.25) is 4.79 Å². The third-order valence-corrected chi connectivity index (χ3v) is 2.94. The number of nitrogens with two attached hydrogens (primary N) is 1. The molecule has 19 heavy (non-hydrogen) atoms. The fourth-order valence-corrected chi connectivity index (χ4v) is 1.67. The standard InChI is InChI=1S/C15H25N3O/c1-15(2,3)13(16)14(19)17-12-8-6-11(7-9-12)10-18(4)5/h6-9,13H,10,16H2,1-5H3,(H,17,19)/t13-/m1/s1. The molecule has 0 aromatic heterocycles. The van der Waals surface area contributed by atoms with Gasteiger partial charge in [0.25, 0.3) is 0 Å². The molecule has 1 aromatic carbocycles. The number of hydrogen-bond acceptors (Lipinski definition) is 3. The van der Waals surface area contributed by atoms with Gasteiger partial charge >= 0.3 is 0 Å². The number of carbonyl (C=O) groups excluding carboxylic acids is 1. The number of nitrogens with zero attached hydrogens (tertiary/aromatic N) is 1. The van der Waals surface area contributed by atoms with Crippen LogP contribution in [-0.2, 0) is 11.3 Å². The zero-order valence-corrected chi connectivity index (χ0v) is 12.5. The number of carbonyl (C=O) groups is 1. The molecule has 0 unspecified atom stereocenters. The molecule has 0 radical (unpaired) electrons. The molecular formula is C15H25N3O. The van der Waals surface area contributed by atoms with Gasteiger partial charge in [-0.2, -0.15) is 0 Å². The van der Waals surface area contributed by atoms with E-state index in [0.717, 1.165) is 12.2 Å². The van der Waals surface area contributed by atoms with E-state index >= 15 is 0 Å². The second-order valence-corrected chi connectivity index (χ2v) is 6.27. The highest BCUT2D eigenvalue weighted by atomic mass is 16.2. The molecule has 0 saturated carbocycles. The fourth-order valence-electron chi connectivity index (χ4n) is 1.67. The smallest absolute Gasteiger partial charge is 0.241 e. The summed E-state index contributed by atoms with van der Waals surface area (Å²) in [5, 5.41) is 2.85. The van der Waals surface area contributed by atoms with E-state index in [1.165, 1.54) is 5.56 Å². The number of hydrogen-bond donors (Lipinski definition) is 2. The number of anilines is 1. The predicted octanol–water partition coefficient (Wildman–Crippen LogP) is 2.06. The molecule has 1 rings (SSSR count). The Morgan fingerprint density at radius 1 is 1.26 bits per heavy atom. The van der Waals surface area contributed by atoms with Crippen LogP contribution in [0.4, 0.5) is 5.69 Å². The molecule has 106 valence electrons. The minimum absolute atomic E-state index is 0.146. The lowest BCUT2D eigenvalue weighted by Gasteiger charge is -2.25. The van der Waals surface area contributed by atoms with Gasteiger partial charge in [0.15, 0.2) is 0 Å². The third kappa shape index (κ3) is 5.01. The van der Waals surface area contributed by atoms with E-state index in [9.17, 15) is 4.79 Å². The van der Waals surface area contributed by atoms with E-state index in [0.29, 0.717) is 0 Å². The third-order valence-electron chi connectivity index (χ3n) is 2.94. The van der Waals surface area contributed by atoms with Gasteiger partial charge in [-0.25, -0.2) is 0 Å². The van der Waals surface area contributed by atoms with Crippen molar-refractivity contribution in [2.75, 3.05) is 19.4 Å². The first-order valence-corrected chi connectivity index (χ1v) is 6.50. The highest BCUT2D eigenvalue weighted by Crippen LogP contribution is 2.19. The fraction of sp³-hybridized carbons (Fsp3) is 0.533. The molecule has 0 saturated heterocycles. The van der Waals surface area contributed by atoms with E-state index in [4.69, 9.17) is 5.73 Å². The molecule has 3 N–H and O–H groups in total. The summed E-state index contributed by atoms with van der Waals surface area (Å²) in [6.45, 7) is 6.75. The van der Waals surface area contributed by atoms with Crippen LogP contribution >= 0.6 is 0 Å². The molecular weight excluding hydrogens is 238 g/mol. The van der Waals surface area contributed by atoms with Crippen LogP contribution in [0.2, 0.25) is 0 Å². The van der Waals surface area contributed by atoms with Crippen LogP contribution in [0.5, 0.6) is 0 Å². The predicted molar refractivity (Wildman–Crippen MR) is 79.9 cm³/mol. The van der Waals surface area contributed by atoms with E-state index in [1.54, 1.807) is 0 Å². The average molecular weight is 263 g/mol. The first-order valence-electron chi connectivity index (χ1n) is 6.50. The Balaban J connectivity index is 2.65. The maximum Gasteiger partial charge on any atom is 0.241 e. The van der Waals surface area contributed by atoms with Crippen molar-refractivity contribution in [3.8, 4) is 0 Å². The lowest BCUT2D eigenvalue weighted by atomic mass is 9.87. The Hall–Kier alpha value is -1.39. The maximum absolute atomic E-state index is 12.0. The molecule has 0 aliphatic rings. The number of benzene rings is 1. The second kappa shape index (κ2) is 6.17. The molecule has 0 bridgehead atoms. The summed E-state index contributed by atoms with van der Waals surface area (Å²) in [5.74, 6) is -0.146. The van der Waals surface area contributed by atoms with Crippen molar-refractivity contribution in [2.24, 2.45) is 11.1 Å². The van der Waals surface area contributed by atoms with E-state index in [2.05, 4.69) is 10.2 Å². The van der Waals surface area contributed by atoms with E-state index in [-0.39, 0.29) is 11.3 Å². The quantitative estimate of drug-likeness (QED) is 0.874. The van der Waals surface area contributed by atoms with Crippen molar-refractivity contribution in [1.82, 2.24) is 4.90 Å². The van der Waals surface area contributed by atoms with Crippen LogP contribution < -0.4 is 11.1 Å². The normalized spacial score (nSPS) is 13.4. The Bertz CT molecular complexity index is 418. The SMILES string of the molecule is CN(C)Cc1ccc(NC(=O)[C@@H](N)C(C)(C)C)cc1. The van der Waals surface area contributed by atoms with Crippen LogP contribution in [0, 0.1) is 5.41 Å². The van der Waals surface area contributed by atoms with Gasteiger partial charge < -0.3 is 16.0 Å². The van der Waals surface area contributed by atoms with Gasteiger partial charge in [0.1, 0.15) is 0 Å². The van der Waals surface area contributed by atoms with Gasteiger partial charge in [0.05, 0.1) is 6.04 Å². The van der Waals surface area contributed by atoms with Crippen molar-refractivity contribution >= 4 is 11.6 Å². The lowest BCUT2D eigenvalue weighted by Crippen LogP contribution is -2.45. The monoisotopic (exact) mass is 263 g/mol. The minimum atomic E-state index is -0.519. The first kappa shape index (κ1) is 15.7. The Labute approximate surface area is 116 Å². The van der Waals surface area contributed by atoms with Crippen LogP contribution in [0.15, 0.2) is 24.3 Å². The Morgan fingerprint density at radius 2 is 1.79 bits per heavy atom. The molecule has 1 amide bonds. The molecule has 0 heterocycles. The molecule has 0 spiro atoms. The van der Waals surface area contributed by atoms with Gasteiger partial charge in [-0.1, -0.05) is 32.9 Å². The van der Waals surface area contributed by atoms with Crippen molar-refractivity contribution in [3.05, 3.63) is 29.8 Å². The van der Waals surface area contributed by atoms with Gasteiger partial charge in [-0.05, 0) is 37.2 Å². The van der Waals surface area contributed by atoms with Gasteiger partial charge in [0.2, 0.25) is 5.91 Å². The highest BCUT2D eigenvalue weighted by molar-refractivity contribution is 5.95.